The fraction of sp³-hybridized carbons (Fsp3) is 0.125. The van der Waals surface area contributed by atoms with Crippen LogP contribution < -0.4 is 9.47 Å². The first kappa shape index (κ1) is 15.5. The van der Waals surface area contributed by atoms with Crippen molar-refractivity contribution in [1.82, 2.24) is 0 Å². The zero-order chi connectivity index (χ0) is 17.3. The van der Waals surface area contributed by atoms with Gasteiger partial charge >= 0.3 is 11.7 Å². The van der Waals surface area contributed by atoms with E-state index in [0.29, 0.717) is 11.8 Å². The number of hydrogen-bond acceptors (Lipinski definition) is 7. The first-order valence-electron chi connectivity index (χ1n) is 6.98. The molecule has 24 heavy (non-hydrogen) atoms. The van der Waals surface area contributed by atoms with E-state index in [1.54, 1.807) is 6.92 Å². The summed E-state index contributed by atoms with van der Waals surface area (Å²) in [6.07, 6.45) is 0.636. The lowest BCUT2D eigenvalue weighted by Crippen LogP contribution is -2.08. The minimum atomic E-state index is -0.709. The highest BCUT2D eigenvalue weighted by atomic mass is 16.6. The molecule has 0 fully saturated rings. The van der Waals surface area contributed by atoms with Crippen LogP contribution in [0.5, 0.6) is 23.0 Å². The van der Waals surface area contributed by atoms with E-state index < -0.39 is 16.6 Å². The van der Waals surface area contributed by atoms with Crippen molar-refractivity contribution in [2.24, 2.45) is 0 Å². The second-order valence-corrected chi connectivity index (χ2v) is 4.83. The number of aldehydes is 1. The van der Waals surface area contributed by atoms with Gasteiger partial charge in [-0.05, 0) is 31.2 Å². The fourth-order valence-electron chi connectivity index (χ4n) is 2.22. The number of carbonyl (C=O) groups excluding carboxylic acids is 2. The number of nitro benzene ring substituents is 1. The number of nitro groups is 1. The van der Waals surface area contributed by atoms with Crippen LogP contribution in [0.25, 0.3) is 0 Å². The van der Waals surface area contributed by atoms with Gasteiger partial charge in [-0.15, -0.1) is 0 Å². The predicted octanol–water partition coefficient (Wildman–Crippen LogP) is 3.48. The van der Waals surface area contributed by atoms with Gasteiger partial charge in [-0.3, -0.25) is 14.9 Å². The first-order chi connectivity index (χ1) is 11.5. The lowest BCUT2D eigenvalue weighted by atomic mass is 10.1. The minimum Gasteiger partial charge on any atom is -0.462 e. The maximum absolute atomic E-state index is 11.9. The van der Waals surface area contributed by atoms with Gasteiger partial charge in [0.15, 0.2) is 17.2 Å². The number of esters is 1. The Morgan fingerprint density at radius 1 is 1.21 bits per heavy atom. The molecule has 122 valence electrons. The van der Waals surface area contributed by atoms with Crippen molar-refractivity contribution in [3.05, 3.63) is 51.6 Å². The molecule has 0 amide bonds. The number of rotatable bonds is 4. The highest BCUT2D eigenvalue weighted by Gasteiger charge is 2.30. The minimum absolute atomic E-state index is 0.00259. The van der Waals surface area contributed by atoms with Crippen LogP contribution in [0, 0.1) is 10.1 Å². The van der Waals surface area contributed by atoms with Crippen LogP contribution in [0.4, 0.5) is 5.69 Å². The van der Waals surface area contributed by atoms with Crippen LogP contribution in [0.2, 0.25) is 0 Å². The normalized spacial score (nSPS) is 11.4. The van der Waals surface area contributed by atoms with Crippen LogP contribution >= 0.6 is 0 Å². The molecule has 0 spiro atoms. The zero-order valence-corrected chi connectivity index (χ0v) is 12.5. The van der Waals surface area contributed by atoms with E-state index in [4.69, 9.17) is 14.2 Å². The smallest absolute Gasteiger partial charge is 0.338 e. The topological polar surface area (TPSA) is 105 Å². The highest BCUT2D eigenvalue weighted by molar-refractivity contribution is 5.92. The van der Waals surface area contributed by atoms with E-state index in [-0.39, 0.29) is 35.2 Å². The summed E-state index contributed by atoms with van der Waals surface area (Å²) in [5.74, 6) is -0.357. The Kier molecular flexibility index (Phi) is 3.87. The number of hydrogen-bond donors (Lipinski definition) is 0. The Hall–Kier alpha value is -3.42. The molecule has 0 N–H and O–H groups in total. The molecule has 0 radical (unpaired) electrons. The summed E-state index contributed by atoms with van der Waals surface area (Å²) in [5.41, 5.74) is -0.0848. The van der Waals surface area contributed by atoms with E-state index in [9.17, 15) is 19.7 Å². The van der Waals surface area contributed by atoms with Crippen LogP contribution in [0.1, 0.15) is 27.6 Å². The third kappa shape index (κ3) is 2.65. The van der Waals surface area contributed by atoms with E-state index in [0.717, 1.165) is 6.07 Å². The summed E-state index contributed by atoms with van der Waals surface area (Å²) in [6, 6.07) is 6.79. The van der Waals surface area contributed by atoms with E-state index in [1.165, 1.54) is 24.3 Å². The van der Waals surface area contributed by atoms with Gasteiger partial charge in [-0.1, -0.05) is 0 Å². The van der Waals surface area contributed by atoms with Crippen LogP contribution in [-0.2, 0) is 4.74 Å². The molecule has 1 heterocycles. The van der Waals surface area contributed by atoms with Crippen LogP contribution in [-0.4, -0.2) is 23.8 Å². The van der Waals surface area contributed by atoms with Crippen molar-refractivity contribution >= 4 is 17.9 Å². The Bertz CT molecular complexity index is 860. The predicted molar refractivity (Wildman–Crippen MR) is 81.0 cm³/mol. The maximum atomic E-state index is 11.9. The molecule has 0 atom stereocenters. The third-order valence-electron chi connectivity index (χ3n) is 3.28. The summed E-state index contributed by atoms with van der Waals surface area (Å²) < 4.78 is 16.0. The lowest BCUT2D eigenvalue weighted by molar-refractivity contribution is -0.385. The third-order valence-corrected chi connectivity index (χ3v) is 3.28. The molecule has 0 aliphatic carbocycles. The average molecular weight is 329 g/mol. The molecule has 0 bridgehead atoms. The van der Waals surface area contributed by atoms with E-state index in [1.807, 2.05) is 0 Å². The van der Waals surface area contributed by atoms with Crippen LogP contribution in [0.15, 0.2) is 30.3 Å². The van der Waals surface area contributed by atoms with Gasteiger partial charge in [0, 0.05) is 11.6 Å². The molecular formula is C16H11NO7. The number of benzene rings is 2. The Morgan fingerprint density at radius 3 is 2.67 bits per heavy atom. The number of ether oxygens (including phenoxy) is 3. The van der Waals surface area contributed by atoms with Gasteiger partial charge in [0.2, 0.25) is 5.75 Å². The molecule has 8 heteroatoms. The molecular weight excluding hydrogens is 318 g/mol. The maximum Gasteiger partial charge on any atom is 0.338 e. The van der Waals surface area contributed by atoms with Crippen molar-refractivity contribution in [3.63, 3.8) is 0 Å². The van der Waals surface area contributed by atoms with E-state index in [2.05, 4.69) is 0 Å². The quantitative estimate of drug-likeness (QED) is 0.312. The van der Waals surface area contributed by atoms with Gasteiger partial charge < -0.3 is 14.2 Å². The first-order valence-corrected chi connectivity index (χ1v) is 6.98. The molecule has 3 rings (SSSR count). The van der Waals surface area contributed by atoms with Gasteiger partial charge in [0.05, 0.1) is 17.1 Å². The molecule has 0 saturated carbocycles. The summed E-state index contributed by atoms with van der Waals surface area (Å²) in [6.45, 7) is 1.76. The molecule has 2 aromatic carbocycles. The summed E-state index contributed by atoms with van der Waals surface area (Å²) in [5, 5.41) is 11.3. The second-order valence-electron chi connectivity index (χ2n) is 4.83. The van der Waals surface area contributed by atoms with Crippen molar-refractivity contribution in [3.8, 4) is 23.0 Å². The van der Waals surface area contributed by atoms with Gasteiger partial charge in [0.1, 0.15) is 6.29 Å². The molecule has 0 aromatic heterocycles. The monoisotopic (exact) mass is 329 g/mol. The molecule has 0 saturated heterocycles. The standard InChI is InChI=1S/C16H11NO7/c1-2-22-16(19)10-6-11(17(20)21)15-14(7-10)23-13-5-9(8-18)3-4-12(13)24-15/h3-8H,2H2,1H3. The Morgan fingerprint density at radius 2 is 2.00 bits per heavy atom. The zero-order valence-electron chi connectivity index (χ0n) is 12.5. The highest BCUT2D eigenvalue weighted by Crippen LogP contribution is 2.50. The summed E-state index contributed by atoms with van der Waals surface area (Å²) in [4.78, 5) is 33.3. The van der Waals surface area contributed by atoms with Crippen LogP contribution in [0.3, 0.4) is 0 Å². The lowest BCUT2D eigenvalue weighted by Gasteiger charge is -2.21. The van der Waals surface area contributed by atoms with Gasteiger partial charge in [-0.25, -0.2) is 4.79 Å². The van der Waals surface area contributed by atoms with Crippen molar-refractivity contribution in [2.45, 2.75) is 6.92 Å². The molecule has 8 nitrogen and oxygen atoms in total. The Balaban J connectivity index is 2.10. The largest absolute Gasteiger partial charge is 0.462 e. The van der Waals surface area contributed by atoms with Gasteiger partial charge in [-0.2, -0.15) is 0 Å². The average Bonchev–Trinajstić information content (AvgIpc) is 2.58. The molecule has 1 aliphatic rings. The SMILES string of the molecule is CCOC(=O)c1cc2c(c([N+](=O)[O-])c1)Oc1ccc(C=O)cc1O2. The number of carbonyl (C=O) groups is 2. The van der Waals surface area contributed by atoms with Crippen molar-refractivity contribution in [1.29, 1.82) is 0 Å². The van der Waals surface area contributed by atoms with E-state index >= 15 is 0 Å². The van der Waals surface area contributed by atoms with Crippen molar-refractivity contribution in [2.75, 3.05) is 6.61 Å². The molecule has 2 aromatic rings. The summed E-state index contributed by atoms with van der Waals surface area (Å²) in [7, 11) is 0. The summed E-state index contributed by atoms with van der Waals surface area (Å²) >= 11 is 0. The molecule has 1 aliphatic heterocycles. The number of nitrogens with zero attached hydrogens (tertiary/aromatic N) is 1. The number of fused-ring (bicyclic) bond motifs is 2. The second kappa shape index (κ2) is 5.99. The van der Waals surface area contributed by atoms with Crippen molar-refractivity contribution < 1.29 is 28.7 Å². The Labute approximate surface area is 135 Å². The molecule has 0 unspecified atom stereocenters. The fourth-order valence-corrected chi connectivity index (χ4v) is 2.22. The van der Waals surface area contributed by atoms with Gasteiger partial charge in [0.25, 0.3) is 0 Å².